The normalized spacial score (nSPS) is 23.0. The van der Waals surface area contributed by atoms with Gasteiger partial charge in [0, 0.05) is 35.1 Å². The third-order valence-electron chi connectivity index (χ3n) is 4.56. The lowest BCUT2D eigenvalue weighted by Crippen LogP contribution is -2.39. The zero-order valence-corrected chi connectivity index (χ0v) is 14.5. The molecule has 0 bridgehead atoms. The molecule has 2 heterocycles. The Kier molecular flexibility index (Phi) is 4.03. The minimum absolute atomic E-state index is 0.323. The fourth-order valence-electron chi connectivity index (χ4n) is 3.19. The SMILES string of the molecule is C=S(C)(=O)N1CCCC(n2cnc3ccc(C(C)C)cc32)C1. The fraction of sp³-hybridized carbons (Fsp3) is 0.529. The zero-order valence-electron chi connectivity index (χ0n) is 13.7. The molecule has 2 unspecified atom stereocenters. The van der Waals surface area contributed by atoms with E-state index in [1.165, 1.54) is 11.1 Å². The Bertz CT molecular complexity index is 776. The number of benzene rings is 1. The number of imidazole rings is 1. The van der Waals surface area contributed by atoms with Crippen molar-refractivity contribution >= 4 is 26.6 Å². The van der Waals surface area contributed by atoms with Crippen LogP contribution in [0.5, 0.6) is 0 Å². The van der Waals surface area contributed by atoms with Crippen molar-refractivity contribution in [3.8, 4) is 0 Å². The van der Waals surface area contributed by atoms with Crippen molar-refractivity contribution in [1.29, 1.82) is 0 Å². The highest BCUT2D eigenvalue weighted by atomic mass is 32.2. The smallest absolute Gasteiger partial charge is 0.0961 e. The number of nitrogens with zero attached hydrogens (tertiary/aromatic N) is 3. The van der Waals surface area contributed by atoms with Crippen LogP contribution in [-0.2, 0) is 9.71 Å². The average molecular weight is 319 g/mol. The van der Waals surface area contributed by atoms with E-state index in [1.54, 1.807) is 6.26 Å². The number of fused-ring (bicyclic) bond motifs is 1. The maximum absolute atomic E-state index is 12.3. The van der Waals surface area contributed by atoms with E-state index < -0.39 is 9.71 Å². The Hall–Kier alpha value is -1.33. The summed E-state index contributed by atoms with van der Waals surface area (Å²) in [5, 5.41) is 0. The summed E-state index contributed by atoms with van der Waals surface area (Å²) in [6.45, 7) is 6.08. The quantitative estimate of drug-likeness (QED) is 0.816. The summed E-state index contributed by atoms with van der Waals surface area (Å²) in [6, 6.07) is 6.83. The van der Waals surface area contributed by atoms with Crippen molar-refractivity contribution < 1.29 is 4.21 Å². The topological polar surface area (TPSA) is 38.1 Å². The number of rotatable bonds is 3. The molecule has 1 aliphatic heterocycles. The van der Waals surface area contributed by atoms with E-state index in [0.717, 1.165) is 31.4 Å². The Morgan fingerprint density at radius 3 is 2.86 bits per heavy atom. The molecule has 1 aromatic heterocycles. The highest BCUT2D eigenvalue weighted by molar-refractivity contribution is 7.97. The molecule has 120 valence electrons. The molecule has 4 nitrogen and oxygen atoms in total. The second kappa shape index (κ2) is 5.70. The summed E-state index contributed by atoms with van der Waals surface area (Å²) in [6.07, 6.45) is 5.82. The van der Waals surface area contributed by atoms with Gasteiger partial charge in [-0.3, -0.25) is 4.21 Å². The van der Waals surface area contributed by atoms with Crippen LogP contribution in [0.1, 0.15) is 44.2 Å². The summed E-state index contributed by atoms with van der Waals surface area (Å²) in [5.41, 5.74) is 3.55. The number of piperidine rings is 1. The van der Waals surface area contributed by atoms with Crippen LogP contribution >= 0.6 is 0 Å². The Morgan fingerprint density at radius 1 is 1.41 bits per heavy atom. The van der Waals surface area contributed by atoms with E-state index in [1.807, 2.05) is 10.6 Å². The molecular formula is C17H25N3OS. The largest absolute Gasteiger partial charge is 0.326 e. The molecule has 0 N–H and O–H groups in total. The first kappa shape index (κ1) is 15.6. The van der Waals surface area contributed by atoms with Crippen LogP contribution in [0.4, 0.5) is 0 Å². The van der Waals surface area contributed by atoms with Gasteiger partial charge in [-0.1, -0.05) is 19.9 Å². The third-order valence-corrected chi connectivity index (χ3v) is 5.99. The minimum Gasteiger partial charge on any atom is -0.326 e. The van der Waals surface area contributed by atoms with Crippen molar-refractivity contribution in [3.63, 3.8) is 0 Å². The van der Waals surface area contributed by atoms with E-state index in [4.69, 9.17) is 0 Å². The lowest BCUT2D eigenvalue weighted by atomic mass is 10.0. The Labute approximate surface area is 133 Å². The van der Waals surface area contributed by atoms with Gasteiger partial charge >= 0.3 is 0 Å². The van der Waals surface area contributed by atoms with Crippen LogP contribution in [0.2, 0.25) is 0 Å². The summed E-state index contributed by atoms with van der Waals surface area (Å²) >= 11 is 0. The van der Waals surface area contributed by atoms with Gasteiger partial charge in [-0.15, -0.1) is 0 Å². The first-order valence-corrected chi connectivity index (χ1v) is 9.99. The molecule has 1 fully saturated rings. The Morgan fingerprint density at radius 2 is 2.18 bits per heavy atom. The van der Waals surface area contributed by atoms with Crippen LogP contribution in [-0.4, -0.2) is 43.3 Å². The number of hydrogen-bond acceptors (Lipinski definition) is 2. The summed E-state index contributed by atoms with van der Waals surface area (Å²) in [7, 11) is -2.13. The predicted molar refractivity (Wildman–Crippen MR) is 94.9 cm³/mol. The lowest BCUT2D eigenvalue weighted by Gasteiger charge is -2.34. The minimum atomic E-state index is -2.13. The first-order valence-electron chi connectivity index (χ1n) is 7.90. The zero-order chi connectivity index (χ0) is 15.9. The lowest BCUT2D eigenvalue weighted by molar-refractivity contribution is 0.280. The second-order valence-electron chi connectivity index (χ2n) is 6.70. The Balaban J connectivity index is 1.97. The third kappa shape index (κ3) is 2.92. The molecule has 5 heteroatoms. The molecule has 2 atom stereocenters. The summed E-state index contributed by atoms with van der Waals surface area (Å²) in [5.74, 6) is 4.34. The summed E-state index contributed by atoms with van der Waals surface area (Å²) < 4.78 is 16.5. The summed E-state index contributed by atoms with van der Waals surface area (Å²) in [4.78, 5) is 4.54. The highest BCUT2D eigenvalue weighted by Gasteiger charge is 2.25. The standard InChI is InChI=1S/C17H25N3OS/c1-13(2)14-7-8-16-17(10-14)20(12-18-16)15-6-5-9-19(11-15)22(3,4)21/h7-8,10,12-13,15H,3,5-6,9,11H2,1-2,4H3. The monoisotopic (exact) mass is 319 g/mol. The van der Waals surface area contributed by atoms with Gasteiger partial charge < -0.3 is 4.57 Å². The van der Waals surface area contributed by atoms with Gasteiger partial charge in [0.2, 0.25) is 0 Å². The number of aromatic nitrogens is 2. The van der Waals surface area contributed by atoms with E-state index >= 15 is 0 Å². The van der Waals surface area contributed by atoms with Gasteiger partial charge in [0.1, 0.15) is 0 Å². The van der Waals surface area contributed by atoms with Crippen LogP contribution in [0.25, 0.3) is 11.0 Å². The molecule has 1 aliphatic rings. The molecule has 0 aliphatic carbocycles. The molecule has 2 aromatic rings. The van der Waals surface area contributed by atoms with Gasteiger partial charge in [0.15, 0.2) is 0 Å². The molecule has 1 saturated heterocycles. The molecule has 3 rings (SSSR count). The average Bonchev–Trinajstić information content (AvgIpc) is 2.89. The second-order valence-corrected chi connectivity index (χ2v) is 9.13. The van der Waals surface area contributed by atoms with Gasteiger partial charge in [-0.2, -0.15) is 0 Å². The van der Waals surface area contributed by atoms with E-state index in [-0.39, 0.29) is 0 Å². The molecule has 0 spiro atoms. The molecule has 1 aromatic carbocycles. The van der Waals surface area contributed by atoms with Crippen molar-refractivity contribution in [2.24, 2.45) is 0 Å². The van der Waals surface area contributed by atoms with Crippen LogP contribution in [0.15, 0.2) is 24.5 Å². The molecular weight excluding hydrogens is 294 g/mol. The van der Waals surface area contributed by atoms with Crippen LogP contribution in [0, 0.1) is 0 Å². The predicted octanol–water partition coefficient (Wildman–Crippen LogP) is 3.06. The van der Waals surface area contributed by atoms with Gasteiger partial charge in [0.25, 0.3) is 0 Å². The van der Waals surface area contributed by atoms with Gasteiger partial charge in [-0.25, -0.2) is 9.29 Å². The first-order chi connectivity index (χ1) is 10.4. The number of hydrogen-bond donors (Lipinski definition) is 0. The van der Waals surface area contributed by atoms with E-state index in [0.29, 0.717) is 12.0 Å². The van der Waals surface area contributed by atoms with Crippen molar-refractivity contribution in [3.05, 3.63) is 30.1 Å². The fourth-order valence-corrected chi connectivity index (χ4v) is 4.19. The maximum Gasteiger partial charge on any atom is 0.0961 e. The highest BCUT2D eigenvalue weighted by Crippen LogP contribution is 2.28. The molecule has 22 heavy (non-hydrogen) atoms. The van der Waals surface area contributed by atoms with Crippen molar-refractivity contribution in [2.75, 3.05) is 19.3 Å². The molecule has 0 radical (unpaired) electrons. The van der Waals surface area contributed by atoms with Crippen LogP contribution in [0.3, 0.4) is 0 Å². The van der Waals surface area contributed by atoms with Gasteiger partial charge in [-0.05, 0) is 42.3 Å². The molecule has 0 saturated carbocycles. The van der Waals surface area contributed by atoms with Crippen molar-refractivity contribution in [1.82, 2.24) is 13.9 Å². The van der Waals surface area contributed by atoms with Crippen LogP contribution < -0.4 is 0 Å². The van der Waals surface area contributed by atoms with Crippen molar-refractivity contribution in [2.45, 2.75) is 38.6 Å². The maximum atomic E-state index is 12.3. The van der Waals surface area contributed by atoms with E-state index in [2.05, 4.69) is 47.5 Å². The molecule has 0 amide bonds. The van der Waals surface area contributed by atoms with E-state index in [9.17, 15) is 4.21 Å². The van der Waals surface area contributed by atoms with Gasteiger partial charge in [0.05, 0.1) is 17.4 Å².